The number of aryl methyl sites for hydroxylation is 1. The molecule has 3 nitrogen and oxygen atoms in total. The Morgan fingerprint density at radius 2 is 1.87 bits per heavy atom. The predicted octanol–water partition coefficient (Wildman–Crippen LogP) is 7.43. The van der Waals surface area contributed by atoms with E-state index in [1.165, 1.54) is 0 Å². The third-order valence-corrected chi connectivity index (χ3v) is 9.51. The van der Waals surface area contributed by atoms with Crippen molar-refractivity contribution in [3.05, 3.63) is 67.1 Å². The summed E-state index contributed by atoms with van der Waals surface area (Å²) >= 11 is 17.8. The number of nitrogens with zero attached hydrogens (tertiary/aromatic N) is 1. The van der Waals surface area contributed by atoms with Gasteiger partial charge in [-0.15, -0.1) is 0 Å². The third-order valence-electron chi connectivity index (χ3n) is 5.80. The number of halogens is 3. The van der Waals surface area contributed by atoms with E-state index in [1.54, 1.807) is 0 Å². The Labute approximate surface area is 199 Å². The molecule has 1 atom stereocenters. The van der Waals surface area contributed by atoms with Gasteiger partial charge in [0, 0.05) is 24.0 Å². The fourth-order valence-electron chi connectivity index (χ4n) is 3.90. The molecule has 0 saturated carbocycles. The van der Waals surface area contributed by atoms with E-state index in [-0.39, 0.29) is 11.2 Å². The van der Waals surface area contributed by atoms with Gasteiger partial charge in [0.15, 0.2) is 11.4 Å². The maximum atomic E-state index is 12.8. The molecule has 2 aromatic carbocycles. The molecule has 30 heavy (non-hydrogen) atoms. The summed E-state index contributed by atoms with van der Waals surface area (Å²) in [5.41, 5.74) is 3.94. The number of carbonyl (C=O) groups is 1. The van der Waals surface area contributed by atoms with Crippen LogP contribution >= 0.6 is 50.9 Å². The number of thioether (sulfide) groups is 1. The number of benzene rings is 2. The van der Waals surface area contributed by atoms with E-state index in [4.69, 9.17) is 28.0 Å². The van der Waals surface area contributed by atoms with Gasteiger partial charge in [0.25, 0.3) is 0 Å². The van der Waals surface area contributed by atoms with Gasteiger partial charge in [-0.3, -0.25) is 4.79 Å². The van der Waals surface area contributed by atoms with Gasteiger partial charge < -0.3 is 4.84 Å². The van der Waals surface area contributed by atoms with E-state index in [0.29, 0.717) is 27.4 Å². The second-order valence-electron chi connectivity index (χ2n) is 8.72. The first kappa shape index (κ1) is 22.2. The summed E-state index contributed by atoms with van der Waals surface area (Å²) in [6.07, 6.45) is 1.19. The highest BCUT2D eigenvalue weighted by atomic mass is 79.9. The van der Waals surface area contributed by atoms with Crippen molar-refractivity contribution < 1.29 is 9.63 Å². The number of oxime groups is 1. The van der Waals surface area contributed by atoms with Crippen LogP contribution in [0, 0.1) is 12.3 Å². The zero-order valence-electron chi connectivity index (χ0n) is 17.0. The van der Waals surface area contributed by atoms with Gasteiger partial charge in [0.2, 0.25) is 0 Å². The molecule has 2 aromatic rings. The number of carbonyl (C=O) groups excluding carboxylic acids is 1. The molecule has 2 aliphatic heterocycles. The van der Waals surface area contributed by atoms with Gasteiger partial charge >= 0.3 is 0 Å². The van der Waals surface area contributed by atoms with Gasteiger partial charge in [-0.2, -0.15) is 11.8 Å². The highest BCUT2D eigenvalue weighted by molar-refractivity contribution is 9.10. The van der Waals surface area contributed by atoms with Crippen molar-refractivity contribution in [2.45, 2.75) is 39.2 Å². The molecule has 0 N–H and O–H groups in total. The molecule has 158 valence electrons. The van der Waals surface area contributed by atoms with E-state index in [1.807, 2.05) is 55.9 Å². The first-order valence-electron chi connectivity index (χ1n) is 9.72. The number of ketones is 1. The van der Waals surface area contributed by atoms with Gasteiger partial charge in [-0.1, -0.05) is 47.4 Å². The number of hydrogen-bond acceptors (Lipinski definition) is 4. The first-order chi connectivity index (χ1) is 14.1. The maximum absolute atomic E-state index is 12.8. The molecule has 0 spiro atoms. The van der Waals surface area contributed by atoms with E-state index in [2.05, 4.69) is 28.0 Å². The average molecular weight is 527 g/mol. The van der Waals surface area contributed by atoms with Crippen molar-refractivity contribution in [1.82, 2.24) is 0 Å². The minimum atomic E-state index is -0.651. The first-order valence-corrected chi connectivity index (χ1v) is 12.4. The van der Waals surface area contributed by atoms with Crippen molar-refractivity contribution in [3.63, 3.8) is 0 Å². The van der Waals surface area contributed by atoms with E-state index in [0.717, 1.165) is 39.5 Å². The molecule has 0 radical (unpaired) electrons. The molecule has 0 amide bonds. The second kappa shape index (κ2) is 8.16. The summed E-state index contributed by atoms with van der Waals surface area (Å²) in [7, 11) is 0. The maximum Gasteiger partial charge on any atom is 0.165 e. The molecular formula is C23H22BrCl2NO2S. The highest BCUT2D eigenvalue weighted by Gasteiger charge is 2.38. The number of rotatable bonds is 5. The molecule has 2 aliphatic rings. The molecule has 4 rings (SSSR count). The van der Waals surface area contributed by atoms with Crippen molar-refractivity contribution in [3.8, 4) is 0 Å². The van der Waals surface area contributed by atoms with Crippen molar-refractivity contribution in [2.75, 3.05) is 11.5 Å². The molecule has 1 unspecified atom stereocenters. The Balaban J connectivity index is 1.53. The van der Waals surface area contributed by atoms with Crippen LogP contribution in [0.4, 0.5) is 0 Å². The lowest BCUT2D eigenvalue weighted by molar-refractivity contribution is -0.00738. The van der Waals surface area contributed by atoms with Gasteiger partial charge in [-0.25, -0.2) is 0 Å². The fourth-order valence-corrected chi connectivity index (χ4v) is 5.72. The molecule has 1 saturated heterocycles. The van der Waals surface area contributed by atoms with Gasteiger partial charge in [0.05, 0.1) is 20.2 Å². The number of Topliss-reactive ketones (excluding diaryl/α,β-unsaturated/α-hetero) is 1. The summed E-state index contributed by atoms with van der Waals surface area (Å²) in [5.74, 6) is 2.34. The summed E-state index contributed by atoms with van der Waals surface area (Å²) in [5, 5.41) is 5.42. The van der Waals surface area contributed by atoms with Crippen LogP contribution in [-0.2, 0) is 10.4 Å². The number of hydrogen-bond donors (Lipinski definition) is 0. The molecule has 1 fully saturated rings. The molecule has 7 heteroatoms. The van der Waals surface area contributed by atoms with E-state index in [9.17, 15) is 4.79 Å². The van der Waals surface area contributed by atoms with Crippen LogP contribution in [0.5, 0.6) is 0 Å². The molecule has 0 aromatic heterocycles. The van der Waals surface area contributed by atoms with Crippen molar-refractivity contribution in [2.24, 2.45) is 10.6 Å². The Hall–Kier alpha value is -1.01. The topological polar surface area (TPSA) is 38.7 Å². The van der Waals surface area contributed by atoms with Crippen LogP contribution < -0.4 is 0 Å². The van der Waals surface area contributed by atoms with Gasteiger partial charge in [0.1, 0.15) is 0 Å². The zero-order chi connectivity index (χ0) is 21.7. The molecule has 0 bridgehead atoms. The quantitative estimate of drug-likeness (QED) is 0.300. The van der Waals surface area contributed by atoms with Gasteiger partial charge in [-0.05, 0) is 76.0 Å². The Morgan fingerprint density at radius 3 is 2.43 bits per heavy atom. The van der Waals surface area contributed by atoms with E-state index < -0.39 is 5.60 Å². The minimum absolute atomic E-state index is 0.144. The molecule has 0 aliphatic carbocycles. The lowest BCUT2D eigenvalue weighted by Gasteiger charge is -2.37. The lowest BCUT2D eigenvalue weighted by Crippen LogP contribution is -2.34. The summed E-state index contributed by atoms with van der Waals surface area (Å²) in [6, 6.07) is 9.62. The summed E-state index contributed by atoms with van der Waals surface area (Å²) < 4.78 is 0.669. The second-order valence-corrected chi connectivity index (χ2v) is 11.3. The largest absolute Gasteiger partial charge is 0.384 e. The van der Waals surface area contributed by atoms with Crippen LogP contribution in [0.15, 0.2) is 40.0 Å². The van der Waals surface area contributed by atoms with Crippen LogP contribution in [0.1, 0.15) is 53.7 Å². The van der Waals surface area contributed by atoms with Crippen LogP contribution in [0.3, 0.4) is 0 Å². The average Bonchev–Trinajstić information content (AvgIpc) is 3.07. The third kappa shape index (κ3) is 4.19. The SMILES string of the molecule is Cc1cc(C2=NOC(C)(c3cc(Cl)c(Br)c(Cl)c3)C2)ccc1C(=O)CC1(C)CSC1. The standard InChI is InChI=1S/C23H22BrCl2NO2S/c1-13-6-14(4-5-16(13)20(28)10-22(2)11-30-12-22)19-9-23(3,29-27-19)15-7-17(25)21(24)18(26)8-15/h4-8H,9-12H2,1-3H3. The smallest absolute Gasteiger partial charge is 0.165 e. The lowest BCUT2D eigenvalue weighted by atomic mass is 9.84. The van der Waals surface area contributed by atoms with Crippen molar-refractivity contribution in [1.29, 1.82) is 0 Å². The zero-order valence-corrected chi connectivity index (χ0v) is 20.9. The molecule has 2 heterocycles. The van der Waals surface area contributed by atoms with Crippen LogP contribution in [0.2, 0.25) is 10.0 Å². The predicted molar refractivity (Wildman–Crippen MR) is 129 cm³/mol. The minimum Gasteiger partial charge on any atom is -0.384 e. The van der Waals surface area contributed by atoms with E-state index >= 15 is 0 Å². The monoisotopic (exact) mass is 525 g/mol. The summed E-state index contributed by atoms with van der Waals surface area (Å²) in [4.78, 5) is 18.6. The normalized spacial score (nSPS) is 22.3. The Kier molecular flexibility index (Phi) is 6.04. The Bertz CT molecular complexity index is 1040. The highest BCUT2D eigenvalue weighted by Crippen LogP contribution is 2.42. The molecular weight excluding hydrogens is 505 g/mol. The summed E-state index contributed by atoms with van der Waals surface area (Å²) in [6.45, 7) is 6.15. The fraction of sp³-hybridized carbons (Fsp3) is 0.391. The van der Waals surface area contributed by atoms with Crippen molar-refractivity contribution >= 4 is 62.4 Å². The van der Waals surface area contributed by atoms with Crippen LogP contribution in [0.25, 0.3) is 0 Å². The Morgan fingerprint density at radius 1 is 1.20 bits per heavy atom. The van der Waals surface area contributed by atoms with Crippen LogP contribution in [-0.4, -0.2) is 23.0 Å².